The summed E-state index contributed by atoms with van der Waals surface area (Å²) in [5.74, 6) is 0.319. The molecule has 1 rings (SSSR count). The van der Waals surface area contributed by atoms with Gasteiger partial charge in [-0.05, 0) is 59.4 Å². The van der Waals surface area contributed by atoms with Gasteiger partial charge >= 0.3 is 5.97 Å². The molecule has 0 bridgehead atoms. The van der Waals surface area contributed by atoms with Crippen LogP contribution in [0.3, 0.4) is 0 Å². The number of hydrogen-bond acceptors (Lipinski definition) is 4. The maximum atomic E-state index is 12.4. The number of rotatable bonds is 6. The highest BCUT2D eigenvalue weighted by atomic mass is 16.5. The van der Waals surface area contributed by atoms with Crippen LogP contribution in [-0.4, -0.2) is 42.9 Å². The monoisotopic (exact) mass is 283 g/mol. The van der Waals surface area contributed by atoms with Crippen molar-refractivity contribution in [1.82, 2.24) is 4.90 Å². The van der Waals surface area contributed by atoms with Crippen LogP contribution < -0.4 is 0 Å². The minimum Gasteiger partial charge on any atom is -0.465 e. The molecule has 1 aliphatic rings. The summed E-state index contributed by atoms with van der Waals surface area (Å²) in [6.07, 6.45) is 4.74. The van der Waals surface area contributed by atoms with E-state index in [2.05, 4.69) is 11.8 Å². The van der Waals surface area contributed by atoms with Gasteiger partial charge in [0.05, 0.1) is 13.2 Å². The molecule has 4 heteroatoms. The first kappa shape index (κ1) is 17.2. The smallest absolute Gasteiger partial charge is 0.319 e. The van der Waals surface area contributed by atoms with Gasteiger partial charge in [-0.3, -0.25) is 14.5 Å². The molecule has 0 radical (unpaired) electrons. The highest BCUT2D eigenvalue weighted by Crippen LogP contribution is 2.27. The van der Waals surface area contributed by atoms with Gasteiger partial charge < -0.3 is 4.74 Å². The van der Waals surface area contributed by atoms with Crippen molar-refractivity contribution >= 4 is 11.8 Å². The van der Waals surface area contributed by atoms with Crippen LogP contribution in [0.1, 0.15) is 53.4 Å². The van der Waals surface area contributed by atoms with Crippen LogP contribution in [0, 0.1) is 11.3 Å². The fourth-order valence-corrected chi connectivity index (χ4v) is 2.66. The van der Waals surface area contributed by atoms with Crippen LogP contribution in [0.5, 0.6) is 0 Å². The van der Waals surface area contributed by atoms with Gasteiger partial charge in [-0.2, -0.15) is 0 Å². The molecule has 0 saturated heterocycles. The van der Waals surface area contributed by atoms with Crippen molar-refractivity contribution in [1.29, 1.82) is 0 Å². The van der Waals surface area contributed by atoms with E-state index in [1.165, 1.54) is 12.8 Å². The van der Waals surface area contributed by atoms with Crippen LogP contribution in [-0.2, 0) is 14.3 Å². The van der Waals surface area contributed by atoms with Gasteiger partial charge in [0.25, 0.3) is 0 Å². The van der Waals surface area contributed by atoms with Gasteiger partial charge in [-0.1, -0.05) is 6.92 Å². The van der Waals surface area contributed by atoms with E-state index in [0.717, 1.165) is 18.8 Å². The van der Waals surface area contributed by atoms with Gasteiger partial charge in [0.15, 0.2) is 5.78 Å². The molecule has 0 heterocycles. The number of carbonyl (C=O) groups excluding carboxylic acids is 2. The Balaban J connectivity index is 2.54. The van der Waals surface area contributed by atoms with E-state index >= 15 is 0 Å². The lowest BCUT2D eigenvalue weighted by Crippen LogP contribution is -2.45. The summed E-state index contributed by atoms with van der Waals surface area (Å²) >= 11 is 0. The third-order valence-corrected chi connectivity index (χ3v) is 4.48. The van der Waals surface area contributed by atoms with E-state index in [1.54, 1.807) is 20.8 Å². The van der Waals surface area contributed by atoms with Crippen LogP contribution in [0.4, 0.5) is 0 Å². The maximum Gasteiger partial charge on any atom is 0.319 e. The molecule has 116 valence electrons. The largest absolute Gasteiger partial charge is 0.465 e. The van der Waals surface area contributed by atoms with Gasteiger partial charge in [-0.15, -0.1) is 0 Å². The predicted molar refractivity (Wildman–Crippen MR) is 79.5 cm³/mol. The second-order valence-corrected chi connectivity index (χ2v) is 6.60. The molecule has 0 N–H and O–H groups in total. The Kier molecular flexibility index (Phi) is 6.18. The molecule has 0 spiro atoms. The second kappa shape index (κ2) is 7.21. The van der Waals surface area contributed by atoms with E-state index in [1.807, 2.05) is 7.05 Å². The third-order valence-electron chi connectivity index (χ3n) is 4.48. The van der Waals surface area contributed by atoms with Gasteiger partial charge in [0, 0.05) is 6.04 Å². The quantitative estimate of drug-likeness (QED) is 0.555. The van der Waals surface area contributed by atoms with Crippen molar-refractivity contribution in [2.45, 2.75) is 59.4 Å². The third kappa shape index (κ3) is 4.30. The standard InChI is InChI=1S/C16H29NO3/c1-6-20-15(19)16(3,4)14(18)11-17(5)13-9-7-12(2)8-10-13/h12-13H,6-11H2,1-5H3. The Labute approximate surface area is 122 Å². The summed E-state index contributed by atoms with van der Waals surface area (Å²) in [5.41, 5.74) is -1.05. The number of carbonyl (C=O) groups is 2. The van der Waals surface area contributed by atoms with Crippen molar-refractivity contribution in [3.63, 3.8) is 0 Å². The Bertz CT molecular complexity index is 344. The van der Waals surface area contributed by atoms with Crippen LogP contribution in [0.2, 0.25) is 0 Å². The molecule has 0 amide bonds. The molecule has 0 aromatic heterocycles. The Morgan fingerprint density at radius 2 is 1.75 bits per heavy atom. The van der Waals surface area contributed by atoms with E-state index < -0.39 is 11.4 Å². The first-order valence-electron chi connectivity index (χ1n) is 7.69. The average molecular weight is 283 g/mol. The summed E-state index contributed by atoms with van der Waals surface area (Å²) in [6, 6.07) is 0.466. The Morgan fingerprint density at radius 1 is 1.20 bits per heavy atom. The summed E-state index contributed by atoms with van der Waals surface area (Å²) in [4.78, 5) is 26.3. The first-order valence-corrected chi connectivity index (χ1v) is 7.69. The van der Waals surface area contributed by atoms with E-state index in [0.29, 0.717) is 19.2 Å². The number of ether oxygens (including phenoxy) is 1. The van der Waals surface area contributed by atoms with Crippen molar-refractivity contribution < 1.29 is 14.3 Å². The Hall–Kier alpha value is -0.900. The van der Waals surface area contributed by atoms with Crippen molar-refractivity contribution in [3.8, 4) is 0 Å². The molecule has 20 heavy (non-hydrogen) atoms. The minimum absolute atomic E-state index is 0.0583. The molecular weight excluding hydrogens is 254 g/mol. The Morgan fingerprint density at radius 3 is 2.25 bits per heavy atom. The minimum atomic E-state index is -1.05. The lowest BCUT2D eigenvalue weighted by Gasteiger charge is -2.34. The van der Waals surface area contributed by atoms with E-state index in [-0.39, 0.29) is 5.78 Å². The lowest BCUT2D eigenvalue weighted by atomic mass is 9.85. The number of ketones is 1. The number of nitrogens with zero attached hydrogens (tertiary/aromatic N) is 1. The topological polar surface area (TPSA) is 46.6 Å². The highest BCUT2D eigenvalue weighted by molar-refractivity contribution is 6.03. The van der Waals surface area contributed by atoms with Crippen LogP contribution >= 0.6 is 0 Å². The second-order valence-electron chi connectivity index (χ2n) is 6.60. The molecule has 1 saturated carbocycles. The van der Waals surface area contributed by atoms with Gasteiger partial charge in [-0.25, -0.2) is 0 Å². The van der Waals surface area contributed by atoms with E-state index in [4.69, 9.17) is 4.74 Å². The van der Waals surface area contributed by atoms with Crippen LogP contribution in [0.15, 0.2) is 0 Å². The van der Waals surface area contributed by atoms with Crippen LogP contribution in [0.25, 0.3) is 0 Å². The molecule has 1 fully saturated rings. The molecule has 1 aliphatic carbocycles. The zero-order valence-corrected chi connectivity index (χ0v) is 13.6. The molecule has 0 unspecified atom stereocenters. The molecular formula is C16H29NO3. The van der Waals surface area contributed by atoms with Crippen molar-refractivity contribution in [2.75, 3.05) is 20.2 Å². The fourth-order valence-electron chi connectivity index (χ4n) is 2.66. The molecule has 4 nitrogen and oxygen atoms in total. The molecule has 0 aromatic rings. The zero-order valence-electron chi connectivity index (χ0n) is 13.6. The number of esters is 1. The molecule has 0 aliphatic heterocycles. The van der Waals surface area contributed by atoms with Gasteiger partial charge in [0.2, 0.25) is 0 Å². The average Bonchev–Trinajstić information content (AvgIpc) is 2.39. The number of Topliss-reactive ketones (excluding diaryl/α,β-unsaturated/α-hetero) is 1. The lowest BCUT2D eigenvalue weighted by molar-refractivity contribution is -0.158. The van der Waals surface area contributed by atoms with Gasteiger partial charge in [0.1, 0.15) is 5.41 Å². The normalized spacial score (nSPS) is 23.7. The summed E-state index contributed by atoms with van der Waals surface area (Å²) in [6.45, 7) is 7.99. The zero-order chi connectivity index (χ0) is 15.3. The molecule has 0 atom stereocenters. The number of hydrogen-bond donors (Lipinski definition) is 0. The predicted octanol–water partition coefficient (Wildman–Crippen LogP) is 2.66. The fraction of sp³-hybridized carbons (Fsp3) is 0.875. The molecule has 0 aromatic carbocycles. The van der Waals surface area contributed by atoms with Crippen molar-refractivity contribution in [2.24, 2.45) is 11.3 Å². The summed E-state index contributed by atoms with van der Waals surface area (Å²) < 4.78 is 4.99. The highest BCUT2D eigenvalue weighted by Gasteiger charge is 2.38. The first-order chi connectivity index (χ1) is 9.28. The maximum absolute atomic E-state index is 12.4. The van der Waals surface area contributed by atoms with E-state index in [9.17, 15) is 9.59 Å². The van der Waals surface area contributed by atoms with Crippen molar-refractivity contribution in [3.05, 3.63) is 0 Å². The number of likely N-dealkylation sites (N-methyl/N-ethyl adjacent to an activating group) is 1. The summed E-state index contributed by atoms with van der Waals surface area (Å²) in [5, 5.41) is 0. The SMILES string of the molecule is CCOC(=O)C(C)(C)C(=O)CN(C)C1CCC(C)CC1. The summed E-state index contributed by atoms with van der Waals surface area (Å²) in [7, 11) is 1.99.